The van der Waals surface area contributed by atoms with Crippen LogP contribution in [0.15, 0.2) is 12.1 Å². The lowest BCUT2D eigenvalue weighted by atomic mass is 10.4. The summed E-state index contributed by atoms with van der Waals surface area (Å²) in [5, 5.41) is 14.5. The second-order valence-corrected chi connectivity index (χ2v) is 3.09. The molecule has 0 aliphatic heterocycles. The maximum absolute atomic E-state index is 10.6. The molecule has 0 aromatic carbocycles. The van der Waals surface area contributed by atoms with E-state index in [4.69, 9.17) is 11.6 Å². The summed E-state index contributed by atoms with van der Waals surface area (Å²) in [7, 11) is 1.62. The minimum Gasteiger partial charge on any atom is -0.358 e. The van der Waals surface area contributed by atoms with Crippen LogP contribution < -0.4 is 0 Å². The molecule has 6 nitrogen and oxygen atoms in total. The molecule has 0 N–H and O–H groups in total. The molecule has 0 fully saturated rings. The second-order valence-electron chi connectivity index (χ2n) is 2.71. The van der Waals surface area contributed by atoms with Gasteiger partial charge in [-0.15, -0.1) is 0 Å². The molecule has 2 aromatic heterocycles. The molecule has 2 aromatic rings. The maximum Gasteiger partial charge on any atom is 0.416 e. The second kappa shape index (κ2) is 2.91. The highest BCUT2D eigenvalue weighted by molar-refractivity contribution is 6.29. The summed E-state index contributed by atoms with van der Waals surface area (Å²) in [6.07, 6.45) is 0. The number of rotatable bonds is 1. The van der Waals surface area contributed by atoms with E-state index in [0.717, 1.165) is 0 Å². The van der Waals surface area contributed by atoms with Gasteiger partial charge in [0.2, 0.25) is 0 Å². The van der Waals surface area contributed by atoms with Crippen molar-refractivity contribution in [2.45, 2.75) is 0 Å². The number of nitrogens with zero attached hydrogens (tertiary/aromatic N) is 4. The van der Waals surface area contributed by atoms with Crippen molar-refractivity contribution in [3.8, 4) is 0 Å². The minimum atomic E-state index is -0.578. The third-order valence-corrected chi connectivity index (χ3v) is 2.03. The summed E-state index contributed by atoms with van der Waals surface area (Å²) >= 11 is 5.63. The van der Waals surface area contributed by atoms with Crippen LogP contribution in [0.1, 0.15) is 0 Å². The molecule has 0 aliphatic rings. The van der Waals surface area contributed by atoms with Crippen molar-refractivity contribution in [2.75, 3.05) is 0 Å². The molecule has 2 rings (SSSR count). The third kappa shape index (κ3) is 1.20. The zero-order chi connectivity index (χ0) is 10.3. The van der Waals surface area contributed by atoms with Gasteiger partial charge in [-0.2, -0.15) is 4.68 Å². The van der Waals surface area contributed by atoms with Gasteiger partial charge in [-0.1, -0.05) is 11.6 Å². The number of pyridine rings is 1. The first kappa shape index (κ1) is 8.89. The molecule has 0 saturated carbocycles. The van der Waals surface area contributed by atoms with Gasteiger partial charge in [0.25, 0.3) is 0 Å². The van der Waals surface area contributed by atoms with Crippen LogP contribution in [-0.2, 0) is 7.05 Å². The zero-order valence-corrected chi connectivity index (χ0v) is 7.89. The Bertz CT molecular complexity index is 522. The molecular formula is C7H5ClN4O2. The Morgan fingerprint density at radius 1 is 1.57 bits per heavy atom. The fourth-order valence-electron chi connectivity index (χ4n) is 1.22. The van der Waals surface area contributed by atoms with Crippen LogP contribution in [0.4, 0.5) is 5.82 Å². The average molecular weight is 213 g/mol. The molecule has 2 heterocycles. The first-order chi connectivity index (χ1) is 6.59. The SMILES string of the molecule is Cn1nc([N+](=O)[O-])c2nc(Cl)ccc21. The van der Waals surface area contributed by atoms with E-state index in [2.05, 4.69) is 10.1 Å². The van der Waals surface area contributed by atoms with Gasteiger partial charge >= 0.3 is 5.82 Å². The van der Waals surface area contributed by atoms with Crippen LogP contribution in [-0.4, -0.2) is 19.7 Å². The number of halogens is 1. The Balaban J connectivity index is 2.85. The molecule has 0 aliphatic carbocycles. The predicted molar refractivity (Wildman–Crippen MR) is 50.2 cm³/mol. The predicted octanol–water partition coefficient (Wildman–Crippen LogP) is 1.53. The van der Waals surface area contributed by atoms with Gasteiger partial charge in [-0.3, -0.25) is 0 Å². The third-order valence-electron chi connectivity index (χ3n) is 1.82. The normalized spacial score (nSPS) is 10.7. The lowest BCUT2D eigenvalue weighted by Gasteiger charge is -1.90. The number of hydrogen-bond donors (Lipinski definition) is 0. The smallest absolute Gasteiger partial charge is 0.358 e. The first-order valence-corrected chi connectivity index (χ1v) is 4.11. The fraction of sp³-hybridized carbons (Fsp3) is 0.143. The summed E-state index contributed by atoms with van der Waals surface area (Å²) in [4.78, 5) is 13.9. The van der Waals surface area contributed by atoms with Gasteiger partial charge in [-0.25, -0.2) is 4.98 Å². The molecule has 72 valence electrons. The highest BCUT2D eigenvalue weighted by atomic mass is 35.5. The Morgan fingerprint density at radius 2 is 2.29 bits per heavy atom. The average Bonchev–Trinajstić information content (AvgIpc) is 2.43. The van der Waals surface area contributed by atoms with Crippen LogP contribution >= 0.6 is 11.6 Å². The monoisotopic (exact) mass is 212 g/mol. The van der Waals surface area contributed by atoms with E-state index in [1.807, 2.05) is 0 Å². The number of fused-ring (bicyclic) bond motifs is 1. The van der Waals surface area contributed by atoms with Crippen LogP contribution in [0.2, 0.25) is 5.15 Å². The van der Waals surface area contributed by atoms with E-state index < -0.39 is 4.92 Å². The van der Waals surface area contributed by atoms with E-state index in [0.29, 0.717) is 5.52 Å². The van der Waals surface area contributed by atoms with Crippen molar-refractivity contribution in [1.82, 2.24) is 14.8 Å². The molecule has 0 saturated heterocycles. The van der Waals surface area contributed by atoms with E-state index in [9.17, 15) is 10.1 Å². The van der Waals surface area contributed by atoms with Gasteiger partial charge in [0.1, 0.15) is 10.7 Å². The lowest BCUT2D eigenvalue weighted by molar-refractivity contribution is -0.388. The molecule has 0 atom stereocenters. The van der Waals surface area contributed by atoms with Crippen molar-refractivity contribution in [1.29, 1.82) is 0 Å². The summed E-state index contributed by atoms with van der Waals surface area (Å²) in [5.41, 5.74) is 0.797. The van der Waals surface area contributed by atoms with Crippen molar-refractivity contribution < 1.29 is 4.92 Å². The summed E-state index contributed by atoms with van der Waals surface area (Å²) < 4.78 is 1.40. The largest absolute Gasteiger partial charge is 0.416 e. The molecule has 0 bridgehead atoms. The Hall–Kier alpha value is -1.69. The number of aromatic nitrogens is 3. The topological polar surface area (TPSA) is 73.8 Å². The number of aryl methyl sites for hydroxylation is 1. The molecule has 0 unspecified atom stereocenters. The Labute approximate surface area is 83.3 Å². The van der Waals surface area contributed by atoms with Crippen LogP contribution in [0.3, 0.4) is 0 Å². The Kier molecular flexibility index (Phi) is 1.85. The zero-order valence-electron chi connectivity index (χ0n) is 7.14. The van der Waals surface area contributed by atoms with E-state index >= 15 is 0 Å². The number of hydrogen-bond acceptors (Lipinski definition) is 4. The molecular weight excluding hydrogens is 208 g/mol. The Morgan fingerprint density at radius 3 is 2.93 bits per heavy atom. The fourth-order valence-corrected chi connectivity index (χ4v) is 1.37. The van der Waals surface area contributed by atoms with E-state index in [1.165, 1.54) is 4.68 Å². The lowest BCUT2D eigenvalue weighted by Crippen LogP contribution is -1.92. The standard InChI is InChI=1S/C7H5ClN4O2/c1-11-4-2-3-5(8)9-6(4)7(10-11)12(13)14/h2-3H,1H3. The molecule has 0 radical (unpaired) electrons. The van der Waals surface area contributed by atoms with Crippen molar-refractivity contribution in [3.05, 3.63) is 27.4 Å². The van der Waals surface area contributed by atoms with Gasteiger partial charge in [0.15, 0.2) is 5.52 Å². The van der Waals surface area contributed by atoms with Crippen LogP contribution in [0.5, 0.6) is 0 Å². The van der Waals surface area contributed by atoms with Gasteiger partial charge in [-0.05, 0) is 17.1 Å². The van der Waals surface area contributed by atoms with Crippen molar-refractivity contribution >= 4 is 28.5 Å². The molecule has 0 amide bonds. The summed E-state index contributed by atoms with van der Waals surface area (Å²) in [5.74, 6) is -0.273. The van der Waals surface area contributed by atoms with Gasteiger partial charge < -0.3 is 10.1 Å². The minimum absolute atomic E-state index is 0.213. The highest BCUT2D eigenvalue weighted by Gasteiger charge is 2.20. The van der Waals surface area contributed by atoms with Crippen LogP contribution in [0, 0.1) is 10.1 Å². The maximum atomic E-state index is 10.6. The van der Waals surface area contributed by atoms with E-state index in [1.54, 1.807) is 19.2 Å². The quantitative estimate of drug-likeness (QED) is 0.408. The van der Waals surface area contributed by atoms with Gasteiger partial charge in [0.05, 0.1) is 12.1 Å². The first-order valence-electron chi connectivity index (χ1n) is 3.73. The van der Waals surface area contributed by atoms with Crippen LogP contribution in [0.25, 0.3) is 11.0 Å². The van der Waals surface area contributed by atoms with E-state index in [-0.39, 0.29) is 16.5 Å². The molecule has 7 heteroatoms. The van der Waals surface area contributed by atoms with Gasteiger partial charge in [0, 0.05) is 0 Å². The van der Waals surface area contributed by atoms with Crippen molar-refractivity contribution in [3.63, 3.8) is 0 Å². The summed E-state index contributed by atoms with van der Waals surface area (Å²) in [6.45, 7) is 0. The number of nitro groups is 1. The van der Waals surface area contributed by atoms with Crippen molar-refractivity contribution in [2.24, 2.45) is 7.05 Å². The molecule has 14 heavy (non-hydrogen) atoms. The molecule has 0 spiro atoms. The summed E-state index contributed by atoms with van der Waals surface area (Å²) in [6, 6.07) is 3.21. The highest BCUT2D eigenvalue weighted by Crippen LogP contribution is 2.23.